The summed E-state index contributed by atoms with van der Waals surface area (Å²) in [6, 6.07) is 35.4. The van der Waals surface area contributed by atoms with Crippen molar-refractivity contribution in [3.63, 3.8) is 0 Å². The van der Waals surface area contributed by atoms with Crippen LogP contribution in [-0.4, -0.2) is 56.5 Å². The van der Waals surface area contributed by atoms with E-state index in [4.69, 9.17) is 14.2 Å². The van der Waals surface area contributed by atoms with Gasteiger partial charge in [0.1, 0.15) is 19.0 Å². The van der Waals surface area contributed by atoms with E-state index in [1.54, 1.807) is 24.3 Å². The maximum absolute atomic E-state index is 12.2. The summed E-state index contributed by atoms with van der Waals surface area (Å²) >= 11 is 0. The molecule has 45 heavy (non-hydrogen) atoms. The first-order valence-corrected chi connectivity index (χ1v) is 15.0. The summed E-state index contributed by atoms with van der Waals surface area (Å²) in [6.07, 6.45) is 1.72. The van der Waals surface area contributed by atoms with Gasteiger partial charge in [0.05, 0.1) is 18.0 Å². The normalized spacial score (nSPS) is 10.9. The molecule has 10 heteroatoms. The molecule has 0 spiro atoms. The first kappa shape index (κ1) is 32.7. The van der Waals surface area contributed by atoms with Gasteiger partial charge < -0.3 is 14.2 Å². The fourth-order valence-electron chi connectivity index (χ4n) is 4.24. The first-order chi connectivity index (χ1) is 22.1. The van der Waals surface area contributed by atoms with Crippen molar-refractivity contribution in [2.45, 2.75) is 19.3 Å². The number of benzene rings is 4. The topological polar surface area (TPSA) is 114 Å². The molecule has 10 nitrogen and oxygen atoms in total. The van der Waals surface area contributed by atoms with Gasteiger partial charge in [-0.1, -0.05) is 54.6 Å². The van der Waals surface area contributed by atoms with E-state index in [1.807, 2.05) is 91.0 Å². The van der Waals surface area contributed by atoms with Crippen molar-refractivity contribution in [2.75, 3.05) is 50.1 Å². The molecule has 0 fully saturated rings. The molecule has 0 aliphatic carbocycles. The summed E-state index contributed by atoms with van der Waals surface area (Å²) in [6.45, 7) is 2.79. The van der Waals surface area contributed by atoms with Gasteiger partial charge in [0.2, 0.25) is 0 Å². The molecule has 0 aromatic heterocycles. The molecule has 4 aromatic carbocycles. The van der Waals surface area contributed by atoms with Crippen LogP contribution in [0.4, 0.5) is 32.3 Å². The molecule has 0 saturated heterocycles. The lowest BCUT2D eigenvalue weighted by Crippen LogP contribution is -2.34. The largest absolute Gasteiger partial charge is 0.494 e. The van der Waals surface area contributed by atoms with E-state index >= 15 is 0 Å². The molecule has 4 aromatic rings. The summed E-state index contributed by atoms with van der Waals surface area (Å²) in [5, 5.41) is 13.9. The number of azo groups is 1. The standard InChI is InChI=1S/C35H39N5O5/c41-34(36-29-13-5-1-6-14-29)44-27-24-40(25-28-45-35(42)37-30-15-7-2-8-16-30)23-11-4-12-26-43-33-21-19-32(20-22-33)39-38-31-17-9-3-10-18-31/h1-3,5-10,13-22H,4,11-12,23-28H2,(H,36,41)(H,37,42). The summed E-state index contributed by atoms with van der Waals surface area (Å²) in [5.41, 5.74) is 2.90. The van der Waals surface area contributed by atoms with Crippen molar-refractivity contribution < 1.29 is 23.8 Å². The van der Waals surface area contributed by atoms with Crippen LogP contribution in [0, 0.1) is 0 Å². The molecular weight excluding hydrogens is 570 g/mol. The highest BCUT2D eigenvalue weighted by molar-refractivity contribution is 5.85. The monoisotopic (exact) mass is 609 g/mol. The van der Waals surface area contributed by atoms with E-state index in [9.17, 15) is 9.59 Å². The molecule has 4 rings (SSSR count). The number of unbranched alkanes of at least 4 members (excludes halogenated alkanes) is 2. The number of nitrogens with zero attached hydrogens (tertiary/aromatic N) is 3. The first-order valence-electron chi connectivity index (χ1n) is 15.0. The fourth-order valence-corrected chi connectivity index (χ4v) is 4.24. The second kappa shape index (κ2) is 19.1. The predicted octanol–water partition coefficient (Wildman–Crippen LogP) is 8.45. The zero-order chi connectivity index (χ0) is 31.4. The van der Waals surface area contributed by atoms with Crippen LogP contribution in [0.2, 0.25) is 0 Å². The number of hydrogen-bond donors (Lipinski definition) is 2. The molecule has 0 unspecified atom stereocenters. The zero-order valence-electron chi connectivity index (χ0n) is 25.2. The lowest BCUT2D eigenvalue weighted by molar-refractivity contribution is 0.116. The van der Waals surface area contributed by atoms with Gasteiger partial charge in [-0.25, -0.2) is 9.59 Å². The molecule has 0 heterocycles. The number of para-hydroxylation sites is 2. The molecule has 234 valence electrons. The summed E-state index contributed by atoms with van der Waals surface area (Å²) < 4.78 is 16.7. The smallest absolute Gasteiger partial charge is 0.411 e. The van der Waals surface area contributed by atoms with E-state index < -0.39 is 12.2 Å². The second-order valence-electron chi connectivity index (χ2n) is 10.0. The molecule has 2 amide bonds. The summed E-state index contributed by atoms with van der Waals surface area (Å²) in [5.74, 6) is 0.784. The minimum absolute atomic E-state index is 0.207. The van der Waals surface area contributed by atoms with Crippen molar-refractivity contribution >= 4 is 34.9 Å². The number of carbonyl (C=O) groups is 2. The molecule has 0 radical (unpaired) electrons. The molecule has 0 saturated carbocycles. The number of amides is 2. The number of hydrogen-bond acceptors (Lipinski definition) is 8. The third-order valence-corrected chi connectivity index (χ3v) is 6.58. The summed E-state index contributed by atoms with van der Waals surface area (Å²) in [4.78, 5) is 26.5. The maximum atomic E-state index is 12.2. The van der Waals surface area contributed by atoms with Crippen LogP contribution in [0.25, 0.3) is 0 Å². The third-order valence-electron chi connectivity index (χ3n) is 6.58. The van der Waals surface area contributed by atoms with Gasteiger partial charge in [0, 0.05) is 24.5 Å². The Kier molecular flexibility index (Phi) is 13.9. The molecule has 0 aliphatic rings. The van der Waals surface area contributed by atoms with Crippen LogP contribution >= 0.6 is 0 Å². The predicted molar refractivity (Wildman–Crippen MR) is 176 cm³/mol. The number of nitrogens with one attached hydrogen (secondary N) is 2. The van der Waals surface area contributed by atoms with Gasteiger partial charge in [0.15, 0.2) is 0 Å². The van der Waals surface area contributed by atoms with Gasteiger partial charge in [-0.2, -0.15) is 10.2 Å². The van der Waals surface area contributed by atoms with Crippen LogP contribution in [0.5, 0.6) is 5.75 Å². The van der Waals surface area contributed by atoms with E-state index in [0.717, 1.165) is 42.9 Å². The average molecular weight is 610 g/mol. The van der Waals surface area contributed by atoms with E-state index in [-0.39, 0.29) is 13.2 Å². The van der Waals surface area contributed by atoms with E-state index in [0.29, 0.717) is 31.1 Å². The van der Waals surface area contributed by atoms with Crippen LogP contribution in [0.1, 0.15) is 19.3 Å². The Bertz CT molecular complexity index is 1380. The third kappa shape index (κ3) is 13.3. The number of anilines is 2. The highest BCUT2D eigenvalue weighted by Crippen LogP contribution is 2.21. The minimum Gasteiger partial charge on any atom is -0.494 e. The molecular formula is C35H39N5O5. The lowest BCUT2D eigenvalue weighted by Gasteiger charge is -2.22. The lowest BCUT2D eigenvalue weighted by atomic mass is 10.2. The maximum Gasteiger partial charge on any atom is 0.411 e. The fraction of sp³-hybridized carbons (Fsp3) is 0.257. The Labute approximate surface area is 264 Å². The number of ether oxygens (including phenoxy) is 3. The van der Waals surface area contributed by atoms with Crippen LogP contribution in [0.15, 0.2) is 125 Å². The number of carbonyl (C=O) groups excluding carboxylic acids is 2. The average Bonchev–Trinajstić information content (AvgIpc) is 3.07. The molecule has 0 bridgehead atoms. The zero-order valence-corrected chi connectivity index (χ0v) is 25.2. The number of rotatable bonds is 17. The van der Waals surface area contributed by atoms with Crippen molar-refractivity contribution in [1.82, 2.24) is 4.90 Å². The van der Waals surface area contributed by atoms with Gasteiger partial charge in [-0.05, 0) is 86.5 Å². The van der Waals surface area contributed by atoms with E-state index in [1.165, 1.54) is 0 Å². The second-order valence-corrected chi connectivity index (χ2v) is 10.0. The van der Waals surface area contributed by atoms with Gasteiger partial charge in [-0.3, -0.25) is 15.5 Å². The van der Waals surface area contributed by atoms with E-state index in [2.05, 4.69) is 25.8 Å². The Morgan fingerprint density at radius 1 is 0.533 bits per heavy atom. The summed E-state index contributed by atoms with van der Waals surface area (Å²) in [7, 11) is 0. The highest BCUT2D eigenvalue weighted by Gasteiger charge is 2.10. The van der Waals surface area contributed by atoms with Gasteiger partial charge in [-0.15, -0.1) is 0 Å². The Morgan fingerprint density at radius 2 is 1.02 bits per heavy atom. The van der Waals surface area contributed by atoms with Crippen LogP contribution in [0.3, 0.4) is 0 Å². The van der Waals surface area contributed by atoms with Crippen molar-refractivity contribution in [3.8, 4) is 5.75 Å². The van der Waals surface area contributed by atoms with Gasteiger partial charge >= 0.3 is 12.2 Å². The Morgan fingerprint density at radius 3 is 1.56 bits per heavy atom. The minimum atomic E-state index is -0.510. The van der Waals surface area contributed by atoms with Crippen molar-refractivity contribution in [2.24, 2.45) is 10.2 Å². The Balaban J connectivity index is 1.15. The quantitative estimate of drug-likeness (QED) is 0.0917. The molecule has 0 atom stereocenters. The molecule has 2 N–H and O–H groups in total. The SMILES string of the molecule is O=C(Nc1ccccc1)OCCN(CCCCCOc1ccc(N=Nc2ccccc2)cc1)CCOC(=O)Nc1ccccc1. The Hall–Kier alpha value is -5.22. The highest BCUT2D eigenvalue weighted by atomic mass is 16.6. The van der Waals surface area contributed by atoms with Gasteiger partial charge in [0.25, 0.3) is 0 Å². The van der Waals surface area contributed by atoms with Crippen molar-refractivity contribution in [3.05, 3.63) is 115 Å². The van der Waals surface area contributed by atoms with Crippen LogP contribution < -0.4 is 15.4 Å². The molecule has 0 aliphatic heterocycles. The van der Waals surface area contributed by atoms with Crippen LogP contribution in [-0.2, 0) is 9.47 Å². The van der Waals surface area contributed by atoms with Crippen molar-refractivity contribution in [1.29, 1.82) is 0 Å².